The molecule has 5 aromatic carbocycles. The molecule has 0 spiro atoms. The standard InChI is InChI=1S/C51H57N4O/c1-33-42(54-34(2)53(43-19-14-15-20-44(43)54)38-29-36(50(6,7)8)28-37(30-38)51(9,10)11)21-17-23-47(33)56-39-24-25-41-40-18-13-16-22-45(40)55(12,46(41)32-39)48-31-35(26-27-52-48)49(3,4)5/h13-32,34H,1-12H3/q+1. The maximum atomic E-state index is 6.91. The molecular formula is C51H57N4O+. The van der Waals surface area contributed by atoms with Gasteiger partial charge in [0.15, 0.2) is 11.4 Å². The summed E-state index contributed by atoms with van der Waals surface area (Å²) >= 11 is 0. The Morgan fingerprint density at radius 3 is 1.82 bits per heavy atom. The summed E-state index contributed by atoms with van der Waals surface area (Å²) in [5, 5.41) is 0. The molecule has 0 saturated heterocycles. The predicted molar refractivity (Wildman–Crippen MR) is 237 cm³/mol. The molecule has 2 unspecified atom stereocenters. The first kappa shape index (κ1) is 37.5. The van der Waals surface area contributed by atoms with Gasteiger partial charge < -0.3 is 14.5 Å². The van der Waals surface area contributed by atoms with E-state index in [-0.39, 0.29) is 22.4 Å². The molecule has 1 aromatic heterocycles. The molecule has 0 radical (unpaired) electrons. The maximum Gasteiger partial charge on any atom is 0.237 e. The van der Waals surface area contributed by atoms with E-state index in [4.69, 9.17) is 9.72 Å². The molecule has 8 rings (SSSR count). The van der Waals surface area contributed by atoms with Gasteiger partial charge in [0.2, 0.25) is 5.82 Å². The number of para-hydroxylation sites is 3. The summed E-state index contributed by atoms with van der Waals surface area (Å²) in [6.07, 6.45) is 1.98. The molecule has 0 N–H and O–H groups in total. The quantitative estimate of drug-likeness (QED) is 0.165. The minimum atomic E-state index is 0.00262. The summed E-state index contributed by atoms with van der Waals surface area (Å²) in [6, 6.07) is 42.1. The minimum absolute atomic E-state index is 0.00262. The molecule has 56 heavy (non-hydrogen) atoms. The molecule has 286 valence electrons. The van der Waals surface area contributed by atoms with Crippen LogP contribution in [0.5, 0.6) is 11.5 Å². The molecule has 0 amide bonds. The molecule has 6 aromatic rings. The van der Waals surface area contributed by atoms with Crippen LogP contribution < -0.4 is 19.0 Å². The van der Waals surface area contributed by atoms with Gasteiger partial charge in [-0.15, -0.1) is 0 Å². The zero-order chi connectivity index (χ0) is 39.9. The number of hydrogen-bond donors (Lipinski definition) is 0. The number of aromatic nitrogens is 1. The van der Waals surface area contributed by atoms with E-state index >= 15 is 0 Å². The van der Waals surface area contributed by atoms with Gasteiger partial charge in [0.05, 0.1) is 18.4 Å². The highest BCUT2D eigenvalue weighted by Crippen LogP contribution is 2.57. The lowest BCUT2D eigenvalue weighted by Crippen LogP contribution is -2.36. The second-order valence-corrected chi connectivity index (χ2v) is 19.0. The van der Waals surface area contributed by atoms with Crippen LogP contribution in [0.25, 0.3) is 11.1 Å². The second-order valence-electron chi connectivity index (χ2n) is 19.0. The largest absolute Gasteiger partial charge is 0.457 e. The molecule has 5 nitrogen and oxygen atoms in total. The summed E-state index contributed by atoms with van der Waals surface area (Å²) in [6.45, 7) is 25.1. The number of quaternary nitrogens is 1. The van der Waals surface area contributed by atoms with E-state index in [1.54, 1.807) is 0 Å². The lowest BCUT2D eigenvalue weighted by atomic mass is 9.80. The van der Waals surface area contributed by atoms with Gasteiger partial charge in [-0.2, -0.15) is 0 Å². The summed E-state index contributed by atoms with van der Waals surface area (Å²) in [4.78, 5) is 9.97. The van der Waals surface area contributed by atoms with E-state index in [0.29, 0.717) is 4.48 Å². The molecule has 2 aliphatic rings. The number of nitrogens with zero attached hydrogens (tertiary/aromatic N) is 4. The zero-order valence-corrected chi connectivity index (χ0v) is 35.3. The number of benzene rings is 5. The van der Waals surface area contributed by atoms with Crippen molar-refractivity contribution in [3.63, 3.8) is 0 Å². The third kappa shape index (κ3) is 6.17. The molecule has 0 saturated carbocycles. The Hall–Kier alpha value is -5.39. The third-order valence-corrected chi connectivity index (χ3v) is 12.0. The van der Waals surface area contributed by atoms with E-state index in [1.165, 1.54) is 50.6 Å². The van der Waals surface area contributed by atoms with Crippen molar-refractivity contribution in [3.8, 4) is 22.6 Å². The Morgan fingerprint density at radius 2 is 1.16 bits per heavy atom. The van der Waals surface area contributed by atoms with Crippen LogP contribution in [-0.2, 0) is 16.2 Å². The lowest BCUT2D eigenvalue weighted by Gasteiger charge is -2.34. The number of pyridine rings is 1. The number of ether oxygens (including phenoxy) is 1. The van der Waals surface area contributed by atoms with Gasteiger partial charge in [0.1, 0.15) is 17.7 Å². The Labute approximate surface area is 334 Å². The molecule has 2 atom stereocenters. The van der Waals surface area contributed by atoms with Crippen LogP contribution in [0.2, 0.25) is 0 Å². The zero-order valence-electron chi connectivity index (χ0n) is 35.3. The molecule has 0 aliphatic carbocycles. The van der Waals surface area contributed by atoms with Gasteiger partial charge >= 0.3 is 0 Å². The first-order chi connectivity index (χ1) is 26.4. The third-order valence-electron chi connectivity index (χ3n) is 12.0. The van der Waals surface area contributed by atoms with Gasteiger partial charge in [0, 0.05) is 52.5 Å². The highest BCUT2D eigenvalue weighted by molar-refractivity contribution is 5.98. The summed E-state index contributed by atoms with van der Waals surface area (Å²) in [5.41, 5.74) is 14.6. The van der Waals surface area contributed by atoms with Crippen molar-refractivity contribution in [3.05, 3.63) is 144 Å². The van der Waals surface area contributed by atoms with Crippen LogP contribution in [0.3, 0.4) is 0 Å². The summed E-state index contributed by atoms with van der Waals surface area (Å²) in [5.74, 6) is 2.64. The van der Waals surface area contributed by atoms with Crippen LogP contribution >= 0.6 is 0 Å². The van der Waals surface area contributed by atoms with E-state index in [0.717, 1.165) is 34.3 Å². The Balaban J connectivity index is 1.18. The average molecular weight is 742 g/mol. The lowest BCUT2D eigenvalue weighted by molar-refractivity contribution is 0.477. The van der Waals surface area contributed by atoms with Crippen molar-refractivity contribution in [1.82, 2.24) is 9.47 Å². The summed E-state index contributed by atoms with van der Waals surface area (Å²) in [7, 11) is 2.26. The van der Waals surface area contributed by atoms with Crippen molar-refractivity contribution in [2.75, 3.05) is 16.8 Å². The van der Waals surface area contributed by atoms with Gasteiger partial charge in [-0.1, -0.05) is 98.7 Å². The predicted octanol–water partition coefficient (Wildman–Crippen LogP) is 14.3. The van der Waals surface area contributed by atoms with E-state index < -0.39 is 0 Å². The SMILES string of the molecule is Cc1c(Oc2ccc3c(c2)[N+](C)(c2cc(C(C)(C)C)ccn2)c2ccccc2-3)cccc1N1c2ccccc2N(c2cc(C(C)(C)C)cc(C(C)(C)C)c2)C1C. The van der Waals surface area contributed by atoms with Crippen LogP contribution in [0, 0.1) is 6.92 Å². The van der Waals surface area contributed by atoms with Gasteiger partial charge in [0.25, 0.3) is 0 Å². The molecule has 0 fully saturated rings. The highest BCUT2D eigenvalue weighted by Gasteiger charge is 2.44. The Kier molecular flexibility index (Phi) is 8.78. The second kappa shape index (κ2) is 13.1. The van der Waals surface area contributed by atoms with Crippen molar-refractivity contribution in [2.24, 2.45) is 0 Å². The fraction of sp³-hybridized carbons (Fsp3) is 0.314. The van der Waals surface area contributed by atoms with Crippen LogP contribution in [0.4, 0.5) is 39.9 Å². The maximum absolute atomic E-state index is 6.91. The van der Waals surface area contributed by atoms with Crippen molar-refractivity contribution >= 4 is 39.9 Å². The molecule has 5 heteroatoms. The first-order valence-electron chi connectivity index (χ1n) is 20.1. The van der Waals surface area contributed by atoms with E-state index in [2.05, 4.69) is 208 Å². The van der Waals surface area contributed by atoms with E-state index in [1.807, 2.05) is 6.20 Å². The van der Waals surface area contributed by atoms with Crippen molar-refractivity contribution in [1.29, 1.82) is 0 Å². The summed E-state index contributed by atoms with van der Waals surface area (Å²) < 4.78 is 7.38. The molecule has 3 heterocycles. The van der Waals surface area contributed by atoms with Gasteiger partial charge in [-0.3, -0.25) is 0 Å². The Morgan fingerprint density at radius 1 is 0.571 bits per heavy atom. The van der Waals surface area contributed by atoms with Crippen LogP contribution in [0.15, 0.2) is 121 Å². The average Bonchev–Trinajstić information content (AvgIpc) is 3.59. The number of fused-ring (bicyclic) bond motifs is 4. The number of rotatable bonds is 5. The van der Waals surface area contributed by atoms with Crippen LogP contribution in [0.1, 0.15) is 91.5 Å². The monoisotopic (exact) mass is 741 g/mol. The fourth-order valence-corrected chi connectivity index (χ4v) is 8.56. The smallest absolute Gasteiger partial charge is 0.237 e. The first-order valence-corrected chi connectivity index (χ1v) is 20.1. The van der Waals surface area contributed by atoms with E-state index in [9.17, 15) is 0 Å². The Bertz CT molecular complexity index is 2450. The molecular weight excluding hydrogens is 685 g/mol. The van der Waals surface area contributed by atoms with Gasteiger partial charge in [-0.05, 0) is 107 Å². The van der Waals surface area contributed by atoms with Crippen molar-refractivity contribution < 1.29 is 4.74 Å². The number of hydrogen-bond acceptors (Lipinski definition) is 4. The number of anilines is 4. The normalized spacial score (nSPS) is 17.8. The highest BCUT2D eigenvalue weighted by atomic mass is 16.5. The molecule has 0 bridgehead atoms. The molecule has 2 aliphatic heterocycles. The van der Waals surface area contributed by atoms with Crippen molar-refractivity contribution in [2.45, 2.75) is 98.6 Å². The van der Waals surface area contributed by atoms with Crippen LogP contribution in [-0.4, -0.2) is 18.2 Å². The topological polar surface area (TPSA) is 28.6 Å². The van der Waals surface area contributed by atoms with Gasteiger partial charge in [-0.25, -0.2) is 9.47 Å². The fourth-order valence-electron chi connectivity index (χ4n) is 8.56. The minimum Gasteiger partial charge on any atom is -0.457 e.